The highest BCUT2D eigenvalue weighted by atomic mass is 16.2. The maximum Gasteiger partial charge on any atom is 0.256 e. The monoisotopic (exact) mass is 302 g/mol. The molecule has 0 aliphatic carbocycles. The molecule has 3 N–H and O–H groups in total. The Balaban J connectivity index is 2.46. The van der Waals surface area contributed by atoms with E-state index < -0.39 is 0 Å². The molecule has 0 fully saturated rings. The lowest BCUT2D eigenvalue weighted by Crippen LogP contribution is -2.34. The molecule has 0 aliphatic heterocycles. The van der Waals surface area contributed by atoms with Crippen LogP contribution in [0.4, 0.5) is 5.69 Å². The van der Waals surface area contributed by atoms with Gasteiger partial charge in [-0.15, -0.1) is 0 Å². The third kappa shape index (κ3) is 3.12. The van der Waals surface area contributed by atoms with Crippen molar-refractivity contribution in [3.05, 3.63) is 40.2 Å². The van der Waals surface area contributed by atoms with Crippen LogP contribution in [0, 0.1) is 0 Å². The van der Waals surface area contributed by atoms with Gasteiger partial charge in [-0.25, -0.2) is 0 Å². The van der Waals surface area contributed by atoms with E-state index in [4.69, 9.17) is 5.73 Å². The summed E-state index contributed by atoms with van der Waals surface area (Å²) in [4.78, 5) is 26.8. The second-order valence-corrected chi connectivity index (χ2v) is 5.46. The Bertz CT molecular complexity index is 750. The highest BCUT2D eigenvalue weighted by molar-refractivity contribution is 6.00. The number of nitrogens with two attached hydrogens (primary N) is 1. The quantitative estimate of drug-likeness (QED) is 0.804. The van der Waals surface area contributed by atoms with Crippen molar-refractivity contribution < 1.29 is 4.79 Å². The van der Waals surface area contributed by atoms with Gasteiger partial charge in [-0.3, -0.25) is 9.59 Å². The van der Waals surface area contributed by atoms with E-state index in [-0.39, 0.29) is 16.9 Å². The van der Waals surface area contributed by atoms with Crippen LogP contribution in [-0.2, 0) is 6.54 Å². The van der Waals surface area contributed by atoms with E-state index in [1.807, 2.05) is 36.6 Å². The Labute approximate surface area is 129 Å². The second-order valence-electron chi connectivity index (χ2n) is 5.46. The number of rotatable bonds is 5. The minimum Gasteiger partial charge on any atom is -0.398 e. The van der Waals surface area contributed by atoms with E-state index in [1.165, 1.54) is 0 Å². The first-order valence-electron chi connectivity index (χ1n) is 7.30. The van der Waals surface area contributed by atoms with Crippen molar-refractivity contribution in [2.45, 2.75) is 13.5 Å². The zero-order valence-corrected chi connectivity index (χ0v) is 13.2. The van der Waals surface area contributed by atoms with E-state index in [2.05, 4.69) is 5.32 Å². The molecule has 1 heterocycles. The summed E-state index contributed by atoms with van der Waals surface area (Å²) in [6.07, 6.45) is 1.61. The fourth-order valence-corrected chi connectivity index (χ4v) is 2.37. The average Bonchev–Trinajstić information content (AvgIpc) is 2.47. The number of anilines is 1. The molecule has 6 nitrogen and oxygen atoms in total. The zero-order chi connectivity index (χ0) is 16.3. The maximum absolute atomic E-state index is 12.6. The smallest absolute Gasteiger partial charge is 0.256 e. The molecule has 2 rings (SSSR count). The minimum atomic E-state index is -0.362. The molecule has 0 spiro atoms. The van der Waals surface area contributed by atoms with Gasteiger partial charge >= 0.3 is 0 Å². The molecule has 118 valence electrons. The number of nitrogens with zero attached hydrogens (tertiary/aromatic N) is 2. The van der Waals surface area contributed by atoms with Gasteiger partial charge in [0.1, 0.15) is 5.56 Å². The van der Waals surface area contributed by atoms with E-state index in [9.17, 15) is 9.59 Å². The van der Waals surface area contributed by atoms with Crippen LogP contribution in [-0.4, -0.2) is 42.6 Å². The molecule has 0 unspecified atom stereocenters. The van der Waals surface area contributed by atoms with Crippen molar-refractivity contribution in [3.63, 3.8) is 0 Å². The van der Waals surface area contributed by atoms with Gasteiger partial charge in [0.05, 0.1) is 10.9 Å². The van der Waals surface area contributed by atoms with E-state index in [1.54, 1.807) is 18.3 Å². The number of aryl methyl sites for hydroxylation is 1. The predicted molar refractivity (Wildman–Crippen MR) is 89.2 cm³/mol. The Morgan fingerprint density at radius 1 is 1.36 bits per heavy atom. The third-order valence-corrected chi connectivity index (χ3v) is 3.57. The molecule has 0 radical (unpaired) electrons. The summed E-state index contributed by atoms with van der Waals surface area (Å²) in [7, 11) is 3.85. The molecule has 0 saturated carbocycles. The van der Waals surface area contributed by atoms with Gasteiger partial charge < -0.3 is 20.5 Å². The zero-order valence-electron chi connectivity index (χ0n) is 13.2. The minimum absolute atomic E-state index is 0.131. The van der Waals surface area contributed by atoms with Gasteiger partial charge in [-0.2, -0.15) is 0 Å². The lowest BCUT2D eigenvalue weighted by atomic mass is 10.1. The number of carbonyl (C=O) groups is 1. The van der Waals surface area contributed by atoms with Crippen molar-refractivity contribution in [1.82, 2.24) is 14.8 Å². The number of pyridine rings is 1. The number of benzene rings is 1. The van der Waals surface area contributed by atoms with Crippen LogP contribution in [0.3, 0.4) is 0 Å². The van der Waals surface area contributed by atoms with Crippen molar-refractivity contribution in [2.75, 3.05) is 32.9 Å². The van der Waals surface area contributed by atoms with Crippen LogP contribution < -0.4 is 16.5 Å². The summed E-state index contributed by atoms with van der Waals surface area (Å²) in [5.41, 5.74) is 6.89. The largest absolute Gasteiger partial charge is 0.398 e. The number of amides is 1. The molecule has 1 aromatic carbocycles. The molecule has 2 aromatic rings. The number of carbonyl (C=O) groups excluding carboxylic acids is 1. The number of hydrogen-bond acceptors (Lipinski definition) is 4. The molecule has 1 amide bonds. The average molecular weight is 302 g/mol. The number of nitrogens with one attached hydrogen (secondary N) is 1. The van der Waals surface area contributed by atoms with Crippen LogP contribution in [0.5, 0.6) is 0 Å². The number of aromatic nitrogens is 1. The number of nitrogen functional groups attached to an aromatic ring is 1. The Hall–Kier alpha value is -2.34. The van der Waals surface area contributed by atoms with Gasteiger partial charge in [-0.1, -0.05) is 6.07 Å². The summed E-state index contributed by atoms with van der Waals surface area (Å²) >= 11 is 0. The Morgan fingerprint density at radius 2 is 2.09 bits per heavy atom. The van der Waals surface area contributed by atoms with Crippen LogP contribution in [0.1, 0.15) is 17.3 Å². The highest BCUT2D eigenvalue weighted by Gasteiger charge is 2.16. The Morgan fingerprint density at radius 3 is 2.73 bits per heavy atom. The molecule has 0 bridgehead atoms. The number of fused-ring (bicyclic) bond motifs is 1. The summed E-state index contributed by atoms with van der Waals surface area (Å²) in [5, 5.41) is 3.18. The van der Waals surface area contributed by atoms with E-state index in [0.717, 1.165) is 5.52 Å². The topological polar surface area (TPSA) is 80.4 Å². The molecule has 0 saturated heterocycles. The fraction of sp³-hybridized carbons (Fsp3) is 0.375. The lowest BCUT2D eigenvalue weighted by molar-refractivity contribution is 0.0949. The molecular formula is C16H22N4O2. The first-order valence-corrected chi connectivity index (χ1v) is 7.30. The van der Waals surface area contributed by atoms with Gasteiger partial charge in [0.2, 0.25) is 5.43 Å². The van der Waals surface area contributed by atoms with Crippen molar-refractivity contribution >= 4 is 22.5 Å². The molecule has 0 atom stereocenters. The summed E-state index contributed by atoms with van der Waals surface area (Å²) in [6, 6.07) is 5.32. The van der Waals surface area contributed by atoms with Crippen molar-refractivity contribution in [3.8, 4) is 0 Å². The van der Waals surface area contributed by atoms with Gasteiger partial charge in [0.15, 0.2) is 0 Å². The third-order valence-electron chi connectivity index (χ3n) is 3.57. The molecule has 22 heavy (non-hydrogen) atoms. The molecule has 0 aliphatic rings. The summed E-state index contributed by atoms with van der Waals surface area (Å²) < 4.78 is 1.87. The molecule has 6 heteroatoms. The summed E-state index contributed by atoms with van der Waals surface area (Å²) in [6.45, 7) is 3.81. The molecule has 1 aromatic heterocycles. The summed E-state index contributed by atoms with van der Waals surface area (Å²) in [5.74, 6) is -0.362. The van der Waals surface area contributed by atoms with Crippen LogP contribution in [0.2, 0.25) is 0 Å². The van der Waals surface area contributed by atoms with Crippen molar-refractivity contribution in [1.29, 1.82) is 0 Å². The first-order chi connectivity index (χ1) is 10.5. The van der Waals surface area contributed by atoms with Gasteiger partial charge in [-0.05, 0) is 33.2 Å². The van der Waals surface area contributed by atoms with Crippen LogP contribution in [0.25, 0.3) is 10.9 Å². The van der Waals surface area contributed by atoms with Gasteiger partial charge in [0, 0.05) is 31.5 Å². The maximum atomic E-state index is 12.6. The molecular weight excluding hydrogens is 280 g/mol. The number of likely N-dealkylation sites (N-methyl/N-ethyl adjacent to an activating group) is 1. The van der Waals surface area contributed by atoms with Crippen LogP contribution >= 0.6 is 0 Å². The van der Waals surface area contributed by atoms with E-state index >= 15 is 0 Å². The SMILES string of the molecule is CCn1cc(C(=O)NCCN(C)C)c(=O)c2c(N)cccc21. The second kappa shape index (κ2) is 6.62. The predicted octanol–water partition coefficient (Wildman–Crippen LogP) is 0.895. The number of hydrogen-bond donors (Lipinski definition) is 2. The van der Waals surface area contributed by atoms with E-state index in [0.29, 0.717) is 30.7 Å². The van der Waals surface area contributed by atoms with Crippen molar-refractivity contribution in [2.24, 2.45) is 0 Å². The fourth-order valence-electron chi connectivity index (χ4n) is 2.37. The lowest BCUT2D eigenvalue weighted by Gasteiger charge is -2.14. The normalized spacial score (nSPS) is 11.1. The highest BCUT2D eigenvalue weighted by Crippen LogP contribution is 2.18. The Kier molecular flexibility index (Phi) is 4.82. The standard InChI is InChI=1S/C16H22N4O2/c1-4-20-10-11(16(22)18-8-9-19(2)3)15(21)14-12(17)6-5-7-13(14)20/h5-7,10H,4,8-9,17H2,1-3H3,(H,18,22). The van der Waals surface area contributed by atoms with Crippen LogP contribution in [0.15, 0.2) is 29.2 Å². The first kappa shape index (κ1) is 16.0. The van der Waals surface area contributed by atoms with Gasteiger partial charge in [0.25, 0.3) is 5.91 Å².